The molecule has 0 radical (unpaired) electrons. The summed E-state index contributed by atoms with van der Waals surface area (Å²) in [7, 11) is 0. The number of hydrogen-bond donors (Lipinski definition) is 1. The van der Waals surface area contributed by atoms with E-state index in [1.807, 2.05) is 35.0 Å². The van der Waals surface area contributed by atoms with Gasteiger partial charge in [-0.2, -0.15) is 0 Å². The molecule has 31 heavy (non-hydrogen) atoms. The van der Waals surface area contributed by atoms with Gasteiger partial charge in [0.2, 0.25) is 0 Å². The number of aromatic nitrogens is 2. The Hall–Kier alpha value is -2.48. The van der Waals surface area contributed by atoms with Crippen LogP contribution in [0.3, 0.4) is 0 Å². The second-order valence-corrected chi connectivity index (χ2v) is 8.61. The third-order valence-corrected chi connectivity index (χ3v) is 6.53. The molecule has 8 heteroatoms. The number of benzene rings is 1. The number of hydrogen-bond acceptors (Lipinski definition) is 3. The molecule has 5 rings (SSSR count). The molecule has 0 saturated carbocycles. The Balaban J connectivity index is 1.57. The molecule has 0 aliphatic carbocycles. The summed E-state index contributed by atoms with van der Waals surface area (Å²) in [6.07, 6.45) is 5.98. The Morgan fingerprint density at radius 2 is 2.13 bits per heavy atom. The lowest BCUT2D eigenvalue weighted by Crippen LogP contribution is -2.36. The largest absolute Gasteiger partial charge is 0.376 e. The Morgan fingerprint density at radius 3 is 2.87 bits per heavy atom. The van der Waals surface area contributed by atoms with Crippen LogP contribution in [0.25, 0.3) is 5.69 Å². The van der Waals surface area contributed by atoms with Gasteiger partial charge in [0.25, 0.3) is 0 Å². The Bertz CT molecular complexity index is 1090. The van der Waals surface area contributed by atoms with Crippen molar-refractivity contribution < 1.29 is 9.13 Å². The Labute approximate surface area is 190 Å². The predicted octanol–water partition coefficient (Wildman–Crippen LogP) is 4.82. The van der Waals surface area contributed by atoms with Crippen molar-refractivity contribution in [1.29, 1.82) is 0 Å². The summed E-state index contributed by atoms with van der Waals surface area (Å²) in [5, 5.41) is 4.25. The topological polar surface area (TPSA) is 42.3 Å². The predicted molar refractivity (Wildman–Crippen MR) is 122 cm³/mol. The first kappa shape index (κ1) is 20.4. The van der Waals surface area contributed by atoms with Crippen molar-refractivity contribution in [3.63, 3.8) is 0 Å². The van der Waals surface area contributed by atoms with Crippen molar-refractivity contribution in [3.8, 4) is 5.69 Å². The summed E-state index contributed by atoms with van der Waals surface area (Å²) in [4.78, 5) is 6.79. The smallest absolute Gasteiger partial charge is 0.170 e. The number of thiocarbonyl (C=S) groups is 1. The molecule has 5 nitrogen and oxygen atoms in total. The summed E-state index contributed by atoms with van der Waals surface area (Å²) in [6.45, 7) is 1.49. The highest BCUT2D eigenvalue weighted by Gasteiger charge is 2.42. The van der Waals surface area contributed by atoms with Crippen molar-refractivity contribution in [2.75, 3.05) is 13.2 Å². The molecule has 3 atom stereocenters. The monoisotopic (exact) mass is 456 g/mol. The van der Waals surface area contributed by atoms with E-state index in [1.54, 1.807) is 18.3 Å². The average molecular weight is 457 g/mol. The lowest BCUT2D eigenvalue weighted by Gasteiger charge is -2.30. The second kappa shape index (κ2) is 8.57. The number of ether oxygens (including phenoxy) is 1. The zero-order valence-corrected chi connectivity index (χ0v) is 18.3. The first-order valence-corrected chi connectivity index (χ1v) is 11.1. The van der Waals surface area contributed by atoms with Crippen LogP contribution in [0.1, 0.15) is 36.3 Å². The fourth-order valence-corrected chi connectivity index (χ4v) is 4.93. The van der Waals surface area contributed by atoms with Crippen LogP contribution in [0.15, 0.2) is 60.9 Å². The maximum atomic E-state index is 13.8. The second-order valence-electron chi connectivity index (χ2n) is 7.82. The standard InChI is InChI=1S/C23H22ClFN4OS/c24-17-13-15(8-9-18(17)25)28-11-3-7-20(28)22-21(19-6-1-2-10-26-19)27-23(31)29(22)14-16-5-4-12-30-16/h1-3,6-11,13,16,21-22H,4-5,12,14H2,(H,27,31)/t16-,21-,22-/m1/s1. The van der Waals surface area contributed by atoms with Gasteiger partial charge in [-0.3, -0.25) is 4.98 Å². The SMILES string of the molecule is Fc1ccc(-n2cccc2[C@@H]2[C@@H](c3ccccn3)NC(=S)N2C[C@H]2CCCO2)cc1Cl. The normalized spacial score (nSPS) is 23.4. The molecular formula is C23H22ClFN4OS. The van der Waals surface area contributed by atoms with Crippen LogP contribution >= 0.6 is 23.8 Å². The highest BCUT2D eigenvalue weighted by atomic mass is 35.5. The summed E-state index contributed by atoms with van der Waals surface area (Å²) in [5.41, 5.74) is 2.72. The van der Waals surface area contributed by atoms with Crippen LogP contribution in [-0.4, -0.2) is 38.8 Å². The summed E-state index contributed by atoms with van der Waals surface area (Å²) in [6, 6.07) is 14.5. The van der Waals surface area contributed by atoms with E-state index in [0.29, 0.717) is 11.7 Å². The van der Waals surface area contributed by atoms with Crippen molar-refractivity contribution in [2.24, 2.45) is 0 Å². The zero-order valence-electron chi connectivity index (χ0n) is 16.7. The van der Waals surface area contributed by atoms with Gasteiger partial charge in [0.15, 0.2) is 5.11 Å². The third kappa shape index (κ3) is 3.93. The number of nitrogens with zero attached hydrogens (tertiary/aromatic N) is 3. The lowest BCUT2D eigenvalue weighted by molar-refractivity contribution is 0.0836. The lowest BCUT2D eigenvalue weighted by atomic mass is 10.0. The maximum absolute atomic E-state index is 13.8. The fourth-order valence-electron chi connectivity index (χ4n) is 4.44. The van der Waals surface area contributed by atoms with Gasteiger partial charge in [0.1, 0.15) is 5.82 Å². The van der Waals surface area contributed by atoms with Gasteiger partial charge in [-0.25, -0.2) is 4.39 Å². The molecule has 160 valence electrons. The van der Waals surface area contributed by atoms with Gasteiger partial charge < -0.3 is 19.5 Å². The quantitative estimate of drug-likeness (QED) is 0.558. The third-order valence-electron chi connectivity index (χ3n) is 5.89. The van der Waals surface area contributed by atoms with E-state index in [2.05, 4.69) is 21.3 Å². The van der Waals surface area contributed by atoms with E-state index in [0.717, 1.165) is 36.5 Å². The molecule has 2 saturated heterocycles. The number of rotatable bonds is 5. The molecular weight excluding hydrogens is 435 g/mol. The van der Waals surface area contributed by atoms with Crippen LogP contribution in [0, 0.1) is 5.82 Å². The van der Waals surface area contributed by atoms with Crippen LogP contribution < -0.4 is 5.32 Å². The minimum absolute atomic E-state index is 0.0923. The van der Waals surface area contributed by atoms with Crippen LogP contribution in [0.4, 0.5) is 4.39 Å². The molecule has 0 spiro atoms. The van der Waals surface area contributed by atoms with Gasteiger partial charge >= 0.3 is 0 Å². The van der Waals surface area contributed by atoms with E-state index >= 15 is 0 Å². The van der Waals surface area contributed by atoms with Gasteiger partial charge in [-0.15, -0.1) is 0 Å². The Kier molecular flexibility index (Phi) is 5.65. The van der Waals surface area contributed by atoms with E-state index in [4.69, 9.17) is 28.6 Å². The number of pyridine rings is 1. The Morgan fingerprint density at radius 1 is 1.23 bits per heavy atom. The molecule has 1 aromatic carbocycles. The van der Waals surface area contributed by atoms with E-state index in [9.17, 15) is 4.39 Å². The highest BCUT2D eigenvalue weighted by Crippen LogP contribution is 2.40. The highest BCUT2D eigenvalue weighted by molar-refractivity contribution is 7.80. The van der Waals surface area contributed by atoms with E-state index < -0.39 is 5.82 Å². The average Bonchev–Trinajstić information content (AvgIpc) is 3.52. The van der Waals surface area contributed by atoms with Crippen LogP contribution in [-0.2, 0) is 4.74 Å². The number of nitrogens with one attached hydrogen (secondary N) is 1. The molecule has 0 unspecified atom stereocenters. The molecule has 1 N–H and O–H groups in total. The first-order chi connectivity index (χ1) is 15.1. The maximum Gasteiger partial charge on any atom is 0.170 e. The minimum Gasteiger partial charge on any atom is -0.376 e. The van der Waals surface area contributed by atoms with Gasteiger partial charge in [0, 0.05) is 36.9 Å². The molecule has 2 aromatic heterocycles. The van der Waals surface area contributed by atoms with Crippen molar-refractivity contribution >= 4 is 28.9 Å². The van der Waals surface area contributed by atoms with Crippen molar-refractivity contribution in [1.82, 2.24) is 19.8 Å². The molecule has 0 bridgehead atoms. The summed E-state index contributed by atoms with van der Waals surface area (Å²) in [5.74, 6) is -0.436. The van der Waals surface area contributed by atoms with Gasteiger partial charge in [0.05, 0.1) is 28.9 Å². The minimum atomic E-state index is -0.436. The first-order valence-electron chi connectivity index (χ1n) is 10.3. The zero-order chi connectivity index (χ0) is 21.4. The molecule has 0 amide bonds. The van der Waals surface area contributed by atoms with Crippen molar-refractivity contribution in [3.05, 3.63) is 83.2 Å². The number of halogens is 2. The summed E-state index contributed by atoms with van der Waals surface area (Å²) >= 11 is 11.8. The molecule has 3 aromatic rings. The van der Waals surface area contributed by atoms with Crippen LogP contribution in [0.2, 0.25) is 5.02 Å². The molecule has 2 fully saturated rings. The van der Waals surface area contributed by atoms with E-state index in [-0.39, 0.29) is 23.2 Å². The van der Waals surface area contributed by atoms with Crippen LogP contribution in [0.5, 0.6) is 0 Å². The van der Waals surface area contributed by atoms with Crippen molar-refractivity contribution in [2.45, 2.75) is 31.0 Å². The van der Waals surface area contributed by atoms with Gasteiger partial charge in [-0.1, -0.05) is 17.7 Å². The summed E-state index contributed by atoms with van der Waals surface area (Å²) < 4.78 is 21.7. The van der Waals surface area contributed by atoms with E-state index in [1.165, 1.54) is 6.07 Å². The van der Waals surface area contributed by atoms with Gasteiger partial charge in [-0.05, 0) is 67.5 Å². The molecule has 2 aliphatic heterocycles. The molecule has 4 heterocycles. The molecule has 2 aliphatic rings. The fraction of sp³-hybridized carbons (Fsp3) is 0.304.